The van der Waals surface area contributed by atoms with Gasteiger partial charge in [0.2, 0.25) is 11.8 Å². The minimum atomic E-state index is -4.44. The topological polar surface area (TPSA) is 57.7 Å². The van der Waals surface area contributed by atoms with Gasteiger partial charge in [0.15, 0.2) is 5.78 Å². The number of hydrogen-bond donors (Lipinski definition) is 0. The molecule has 5 nitrogen and oxygen atoms in total. The summed E-state index contributed by atoms with van der Waals surface area (Å²) in [5, 5.41) is 0. The molecule has 0 unspecified atom stereocenters. The van der Waals surface area contributed by atoms with Gasteiger partial charge in [0, 0.05) is 50.5 Å². The Morgan fingerprint density at radius 3 is 2.07 bits per heavy atom. The Kier molecular flexibility index (Phi) is 6.29. The molecule has 1 aromatic carbocycles. The van der Waals surface area contributed by atoms with Gasteiger partial charge >= 0.3 is 6.18 Å². The molecule has 1 aromatic rings. The van der Waals surface area contributed by atoms with Gasteiger partial charge < -0.3 is 9.80 Å². The molecule has 8 heteroatoms. The third-order valence-electron chi connectivity index (χ3n) is 5.89. The summed E-state index contributed by atoms with van der Waals surface area (Å²) in [5.41, 5.74) is -0.543. The van der Waals surface area contributed by atoms with E-state index in [2.05, 4.69) is 0 Å². The van der Waals surface area contributed by atoms with Crippen LogP contribution in [0.3, 0.4) is 0 Å². The SMILES string of the molecule is CC(=O)N1CCC(C(=O)N2CCC[C@@H](C(=O)c3ccc(C(F)(F)F)cc3)C2)CC1. The molecule has 0 spiro atoms. The van der Waals surface area contributed by atoms with Crippen molar-refractivity contribution in [3.63, 3.8) is 0 Å². The Labute approximate surface area is 167 Å². The van der Waals surface area contributed by atoms with E-state index >= 15 is 0 Å². The first-order valence-electron chi connectivity index (χ1n) is 9.92. The number of nitrogens with zero attached hydrogens (tertiary/aromatic N) is 2. The second-order valence-corrected chi connectivity index (χ2v) is 7.84. The number of Topliss-reactive ketones (excluding diaryl/α,β-unsaturated/α-hetero) is 1. The van der Waals surface area contributed by atoms with E-state index in [1.54, 1.807) is 9.80 Å². The van der Waals surface area contributed by atoms with Crippen molar-refractivity contribution in [1.82, 2.24) is 9.80 Å². The Hall–Kier alpha value is -2.38. The lowest BCUT2D eigenvalue weighted by atomic mass is 9.88. The first kappa shape index (κ1) is 21.3. The summed E-state index contributed by atoms with van der Waals surface area (Å²) in [6.07, 6.45) is -1.89. The summed E-state index contributed by atoms with van der Waals surface area (Å²) < 4.78 is 38.1. The zero-order valence-electron chi connectivity index (χ0n) is 16.4. The number of likely N-dealkylation sites (tertiary alicyclic amines) is 2. The Morgan fingerprint density at radius 1 is 0.897 bits per heavy atom. The van der Waals surface area contributed by atoms with E-state index in [0.29, 0.717) is 51.9 Å². The van der Waals surface area contributed by atoms with Gasteiger partial charge in [0.25, 0.3) is 0 Å². The largest absolute Gasteiger partial charge is 0.416 e. The summed E-state index contributed by atoms with van der Waals surface area (Å²) in [6, 6.07) is 4.26. The van der Waals surface area contributed by atoms with Gasteiger partial charge in [-0.15, -0.1) is 0 Å². The first-order valence-corrected chi connectivity index (χ1v) is 9.92. The first-order chi connectivity index (χ1) is 13.7. The molecular weight excluding hydrogens is 385 g/mol. The van der Waals surface area contributed by atoms with Gasteiger partial charge in [0.1, 0.15) is 0 Å². The minimum Gasteiger partial charge on any atom is -0.343 e. The van der Waals surface area contributed by atoms with Crippen molar-refractivity contribution in [2.75, 3.05) is 26.2 Å². The average molecular weight is 410 g/mol. The number of rotatable bonds is 3. The van der Waals surface area contributed by atoms with E-state index in [-0.39, 0.29) is 29.1 Å². The van der Waals surface area contributed by atoms with Gasteiger partial charge in [-0.3, -0.25) is 14.4 Å². The normalized spacial score (nSPS) is 21.2. The molecule has 2 aliphatic heterocycles. The molecule has 158 valence electrons. The molecule has 29 heavy (non-hydrogen) atoms. The fourth-order valence-electron chi connectivity index (χ4n) is 4.15. The second kappa shape index (κ2) is 8.55. The molecule has 0 aliphatic carbocycles. The summed E-state index contributed by atoms with van der Waals surface area (Å²) in [5.74, 6) is -0.746. The van der Waals surface area contributed by atoms with Crippen LogP contribution in [-0.4, -0.2) is 53.6 Å². The number of benzene rings is 1. The smallest absolute Gasteiger partial charge is 0.343 e. The molecule has 3 rings (SSSR count). The number of carbonyl (C=O) groups excluding carboxylic acids is 3. The van der Waals surface area contributed by atoms with E-state index in [1.165, 1.54) is 19.1 Å². The highest BCUT2D eigenvalue weighted by Gasteiger charge is 2.35. The lowest BCUT2D eigenvalue weighted by Crippen LogP contribution is -2.48. The van der Waals surface area contributed by atoms with E-state index in [0.717, 1.165) is 12.1 Å². The maximum Gasteiger partial charge on any atom is 0.416 e. The molecule has 1 atom stereocenters. The summed E-state index contributed by atoms with van der Waals surface area (Å²) in [6.45, 7) is 3.53. The lowest BCUT2D eigenvalue weighted by molar-refractivity contribution is -0.141. The van der Waals surface area contributed by atoms with Crippen LogP contribution in [0.25, 0.3) is 0 Å². The van der Waals surface area contributed by atoms with Crippen LogP contribution < -0.4 is 0 Å². The summed E-state index contributed by atoms with van der Waals surface area (Å²) in [7, 11) is 0. The predicted octanol–water partition coefficient (Wildman–Crippen LogP) is 3.39. The Bertz CT molecular complexity index is 768. The number of piperidine rings is 2. The average Bonchev–Trinajstić information content (AvgIpc) is 2.72. The van der Waals surface area contributed by atoms with E-state index < -0.39 is 17.7 Å². The van der Waals surface area contributed by atoms with E-state index in [4.69, 9.17) is 0 Å². The highest BCUT2D eigenvalue weighted by Crippen LogP contribution is 2.30. The van der Waals surface area contributed by atoms with E-state index in [9.17, 15) is 27.6 Å². The van der Waals surface area contributed by atoms with Crippen molar-refractivity contribution in [3.05, 3.63) is 35.4 Å². The van der Waals surface area contributed by atoms with Crippen molar-refractivity contribution in [1.29, 1.82) is 0 Å². The van der Waals surface area contributed by atoms with Crippen molar-refractivity contribution in [2.45, 2.75) is 38.8 Å². The molecule has 2 amide bonds. The van der Waals surface area contributed by atoms with Gasteiger partial charge in [0.05, 0.1) is 5.56 Å². The molecule has 0 N–H and O–H groups in total. The zero-order valence-corrected chi connectivity index (χ0v) is 16.4. The van der Waals surface area contributed by atoms with Crippen molar-refractivity contribution in [2.24, 2.45) is 11.8 Å². The van der Waals surface area contributed by atoms with E-state index in [1.807, 2.05) is 0 Å². The van der Waals surface area contributed by atoms with Crippen molar-refractivity contribution < 1.29 is 27.6 Å². The molecule has 0 aromatic heterocycles. The molecule has 0 radical (unpaired) electrons. The van der Waals surface area contributed by atoms with Gasteiger partial charge in [-0.05, 0) is 37.8 Å². The fraction of sp³-hybridized carbons (Fsp3) is 0.571. The monoisotopic (exact) mass is 410 g/mol. The van der Waals surface area contributed by atoms with Crippen molar-refractivity contribution >= 4 is 17.6 Å². The molecule has 2 fully saturated rings. The van der Waals surface area contributed by atoms with Crippen LogP contribution in [0.1, 0.15) is 48.5 Å². The lowest BCUT2D eigenvalue weighted by Gasteiger charge is -2.37. The van der Waals surface area contributed by atoms with Crippen LogP contribution in [0.2, 0.25) is 0 Å². The number of ketones is 1. The number of hydrogen-bond acceptors (Lipinski definition) is 3. The second-order valence-electron chi connectivity index (χ2n) is 7.84. The molecule has 2 aliphatic rings. The highest BCUT2D eigenvalue weighted by atomic mass is 19.4. The summed E-state index contributed by atoms with van der Waals surface area (Å²) in [4.78, 5) is 40.5. The standard InChI is InChI=1S/C21H25F3N2O3/c1-14(27)25-11-8-16(9-12-25)20(29)26-10-2-3-17(13-26)19(28)15-4-6-18(7-5-15)21(22,23)24/h4-7,16-17H,2-3,8-13H2,1H3/t17-/m1/s1. The van der Waals surface area contributed by atoms with Crippen molar-refractivity contribution in [3.8, 4) is 0 Å². The fourth-order valence-corrected chi connectivity index (χ4v) is 4.15. The number of amides is 2. The van der Waals surface area contributed by atoms with Gasteiger partial charge in [-0.1, -0.05) is 12.1 Å². The van der Waals surface area contributed by atoms with Crippen LogP contribution in [0.5, 0.6) is 0 Å². The number of carbonyl (C=O) groups is 3. The van der Waals surface area contributed by atoms with Crippen LogP contribution in [-0.2, 0) is 15.8 Å². The van der Waals surface area contributed by atoms with Gasteiger partial charge in [-0.2, -0.15) is 13.2 Å². The van der Waals surface area contributed by atoms with Crippen LogP contribution in [0, 0.1) is 11.8 Å². The Morgan fingerprint density at radius 2 is 1.52 bits per heavy atom. The third kappa shape index (κ3) is 4.97. The Balaban J connectivity index is 1.61. The number of alkyl halides is 3. The molecular formula is C21H25F3N2O3. The molecule has 0 bridgehead atoms. The van der Waals surface area contributed by atoms with Crippen LogP contribution in [0.4, 0.5) is 13.2 Å². The molecule has 2 heterocycles. The summed E-state index contributed by atoms with van der Waals surface area (Å²) >= 11 is 0. The predicted molar refractivity (Wildman–Crippen MR) is 100 cm³/mol. The third-order valence-corrected chi connectivity index (χ3v) is 5.89. The van der Waals surface area contributed by atoms with Gasteiger partial charge in [-0.25, -0.2) is 0 Å². The molecule has 2 saturated heterocycles. The zero-order chi connectivity index (χ0) is 21.2. The minimum absolute atomic E-state index is 0.0103. The maximum atomic E-state index is 12.9. The maximum absolute atomic E-state index is 12.9. The number of halogens is 3. The molecule has 0 saturated carbocycles. The van der Waals surface area contributed by atoms with Crippen LogP contribution in [0.15, 0.2) is 24.3 Å². The highest BCUT2D eigenvalue weighted by molar-refractivity contribution is 5.98. The van der Waals surface area contributed by atoms with Crippen LogP contribution >= 0.6 is 0 Å². The quantitative estimate of drug-likeness (QED) is 0.718.